The lowest BCUT2D eigenvalue weighted by atomic mass is 9.98. The van der Waals surface area contributed by atoms with Gasteiger partial charge in [0.25, 0.3) is 0 Å². The van der Waals surface area contributed by atoms with Crippen LogP contribution in [0.1, 0.15) is 25.7 Å². The summed E-state index contributed by atoms with van der Waals surface area (Å²) in [7, 11) is 2.00. The van der Waals surface area contributed by atoms with E-state index >= 15 is 0 Å². The van der Waals surface area contributed by atoms with Crippen LogP contribution in [0.2, 0.25) is 0 Å². The summed E-state index contributed by atoms with van der Waals surface area (Å²) in [6.07, 6.45) is 4.93. The monoisotopic (exact) mass is 197 g/mol. The summed E-state index contributed by atoms with van der Waals surface area (Å²) < 4.78 is 0. The highest BCUT2D eigenvalue weighted by atomic mass is 16.1. The number of primary amides is 1. The predicted octanol–water partition coefficient (Wildman–Crippen LogP) is -0.313. The van der Waals surface area contributed by atoms with Crippen LogP contribution in [0.25, 0.3) is 0 Å². The summed E-state index contributed by atoms with van der Waals surface area (Å²) in [4.78, 5) is 12.9. The van der Waals surface area contributed by atoms with Crippen LogP contribution in [0, 0.1) is 0 Å². The Morgan fingerprint density at radius 1 is 1.43 bits per heavy atom. The maximum atomic E-state index is 10.8. The number of amides is 1. The number of nitrogens with one attached hydrogen (secondary N) is 1. The topological polar surface area (TPSA) is 58.4 Å². The Labute approximate surface area is 84.8 Å². The van der Waals surface area contributed by atoms with Gasteiger partial charge < -0.3 is 11.1 Å². The van der Waals surface area contributed by atoms with Crippen LogP contribution in [-0.2, 0) is 4.79 Å². The fourth-order valence-electron chi connectivity index (χ4n) is 2.76. The number of hydrogen-bond donors (Lipinski definition) is 2. The minimum atomic E-state index is -0.224. The molecule has 4 nitrogen and oxygen atoms in total. The number of nitrogens with two attached hydrogens (primary N) is 1. The average molecular weight is 197 g/mol. The fraction of sp³-hybridized carbons (Fsp3) is 0.900. The van der Waals surface area contributed by atoms with Crippen molar-refractivity contribution in [1.29, 1.82) is 0 Å². The SMILES string of the molecule is CN(CC(N)=O)C1CC2CCC(C1)N2. The highest BCUT2D eigenvalue weighted by molar-refractivity contribution is 5.75. The van der Waals surface area contributed by atoms with Gasteiger partial charge in [0, 0.05) is 18.1 Å². The van der Waals surface area contributed by atoms with Gasteiger partial charge in [-0.25, -0.2) is 0 Å². The molecule has 0 spiro atoms. The third-order valence-electron chi connectivity index (χ3n) is 3.48. The number of piperidine rings is 1. The number of rotatable bonds is 3. The zero-order valence-corrected chi connectivity index (χ0v) is 8.70. The first-order valence-corrected chi connectivity index (χ1v) is 5.39. The quantitative estimate of drug-likeness (QED) is 0.652. The fourth-order valence-corrected chi connectivity index (χ4v) is 2.76. The standard InChI is InChI=1S/C10H19N3O/c1-13(6-10(11)14)9-4-7-2-3-8(5-9)12-7/h7-9,12H,2-6H2,1H3,(H2,11,14). The van der Waals surface area contributed by atoms with E-state index in [2.05, 4.69) is 10.2 Å². The first-order valence-electron chi connectivity index (χ1n) is 5.39. The Hall–Kier alpha value is -0.610. The van der Waals surface area contributed by atoms with Gasteiger partial charge in [0.1, 0.15) is 0 Å². The summed E-state index contributed by atoms with van der Waals surface area (Å²) in [5.74, 6) is -0.224. The van der Waals surface area contributed by atoms with Gasteiger partial charge in [0.15, 0.2) is 0 Å². The second kappa shape index (κ2) is 3.87. The lowest BCUT2D eigenvalue weighted by Gasteiger charge is -2.34. The lowest BCUT2D eigenvalue weighted by Crippen LogP contribution is -2.48. The van der Waals surface area contributed by atoms with Crippen LogP contribution in [0.15, 0.2) is 0 Å². The van der Waals surface area contributed by atoms with Crippen molar-refractivity contribution in [2.24, 2.45) is 5.73 Å². The lowest BCUT2D eigenvalue weighted by molar-refractivity contribution is -0.119. The van der Waals surface area contributed by atoms with Gasteiger partial charge in [0.05, 0.1) is 6.54 Å². The smallest absolute Gasteiger partial charge is 0.231 e. The minimum Gasteiger partial charge on any atom is -0.369 e. The molecular formula is C10H19N3O. The molecule has 80 valence electrons. The molecule has 2 fully saturated rings. The van der Waals surface area contributed by atoms with E-state index < -0.39 is 0 Å². The highest BCUT2D eigenvalue weighted by Crippen LogP contribution is 2.28. The van der Waals surface area contributed by atoms with Crippen molar-refractivity contribution in [3.63, 3.8) is 0 Å². The maximum absolute atomic E-state index is 10.8. The molecule has 2 atom stereocenters. The van der Waals surface area contributed by atoms with Crippen molar-refractivity contribution in [3.05, 3.63) is 0 Å². The summed E-state index contributed by atoms with van der Waals surface area (Å²) in [5, 5.41) is 3.59. The van der Waals surface area contributed by atoms with E-state index in [-0.39, 0.29) is 5.91 Å². The molecule has 0 saturated carbocycles. The highest BCUT2D eigenvalue weighted by Gasteiger charge is 2.35. The molecule has 2 aliphatic rings. The van der Waals surface area contributed by atoms with Gasteiger partial charge in [-0.15, -0.1) is 0 Å². The van der Waals surface area contributed by atoms with Crippen LogP contribution in [-0.4, -0.2) is 42.5 Å². The molecule has 0 aliphatic carbocycles. The van der Waals surface area contributed by atoms with Gasteiger partial charge >= 0.3 is 0 Å². The summed E-state index contributed by atoms with van der Waals surface area (Å²) in [6.45, 7) is 0.393. The van der Waals surface area contributed by atoms with E-state index in [1.165, 1.54) is 25.7 Å². The first kappa shape index (κ1) is 9.93. The van der Waals surface area contributed by atoms with Crippen molar-refractivity contribution in [1.82, 2.24) is 10.2 Å². The average Bonchev–Trinajstić information content (AvgIpc) is 2.44. The van der Waals surface area contributed by atoms with Gasteiger partial charge in [-0.05, 0) is 32.7 Å². The number of carbonyl (C=O) groups excluding carboxylic acids is 1. The molecule has 14 heavy (non-hydrogen) atoms. The molecule has 1 amide bonds. The van der Waals surface area contributed by atoms with E-state index in [1.807, 2.05) is 7.05 Å². The molecule has 0 aromatic heterocycles. The Morgan fingerprint density at radius 3 is 2.50 bits per heavy atom. The van der Waals surface area contributed by atoms with Crippen LogP contribution >= 0.6 is 0 Å². The Bertz CT molecular complexity index is 219. The van der Waals surface area contributed by atoms with Crippen LogP contribution in [0.5, 0.6) is 0 Å². The second-order valence-electron chi connectivity index (χ2n) is 4.64. The Morgan fingerprint density at radius 2 is 2.00 bits per heavy atom. The first-order chi connectivity index (χ1) is 6.65. The summed E-state index contributed by atoms with van der Waals surface area (Å²) in [5.41, 5.74) is 5.19. The van der Waals surface area contributed by atoms with Gasteiger partial charge in [-0.2, -0.15) is 0 Å². The van der Waals surface area contributed by atoms with Crippen molar-refractivity contribution in [2.45, 2.75) is 43.8 Å². The van der Waals surface area contributed by atoms with Crippen molar-refractivity contribution in [2.75, 3.05) is 13.6 Å². The zero-order chi connectivity index (χ0) is 10.1. The molecule has 2 rings (SSSR count). The predicted molar refractivity (Wildman–Crippen MR) is 54.8 cm³/mol. The second-order valence-corrected chi connectivity index (χ2v) is 4.64. The molecular weight excluding hydrogens is 178 g/mol. The summed E-state index contributed by atoms with van der Waals surface area (Å²) >= 11 is 0. The molecule has 0 aromatic carbocycles. The van der Waals surface area contributed by atoms with Gasteiger partial charge in [-0.1, -0.05) is 0 Å². The maximum Gasteiger partial charge on any atom is 0.231 e. The number of carbonyl (C=O) groups is 1. The molecule has 3 N–H and O–H groups in total. The van der Waals surface area contributed by atoms with Crippen molar-refractivity contribution >= 4 is 5.91 Å². The number of likely N-dealkylation sites (N-methyl/N-ethyl adjacent to an activating group) is 1. The van der Waals surface area contributed by atoms with E-state index in [1.54, 1.807) is 0 Å². The van der Waals surface area contributed by atoms with E-state index in [0.29, 0.717) is 24.7 Å². The molecule has 4 heteroatoms. The normalized spacial score (nSPS) is 36.3. The van der Waals surface area contributed by atoms with Gasteiger partial charge in [0.2, 0.25) is 5.91 Å². The molecule has 2 heterocycles. The molecule has 0 aromatic rings. The molecule has 2 unspecified atom stereocenters. The minimum absolute atomic E-state index is 0.224. The van der Waals surface area contributed by atoms with E-state index in [4.69, 9.17) is 5.73 Å². The Kier molecular flexibility index (Phi) is 2.74. The molecule has 2 aliphatic heterocycles. The Balaban J connectivity index is 1.89. The largest absolute Gasteiger partial charge is 0.369 e. The van der Waals surface area contributed by atoms with Crippen LogP contribution in [0.4, 0.5) is 0 Å². The molecule has 2 saturated heterocycles. The van der Waals surface area contributed by atoms with E-state index in [0.717, 1.165) is 0 Å². The van der Waals surface area contributed by atoms with Gasteiger partial charge in [-0.3, -0.25) is 9.69 Å². The van der Waals surface area contributed by atoms with Crippen LogP contribution in [0.3, 0.4) is 0 Å². The third-order valence-corrected chi connectivity index (χ3v) is 3.48. The molecule has 2 bridgehead atoms. The third kappa shape index (κ3) is 2.07. The number of hydrogen-bond acceptors (Lipinski definition) is 3. The summed E-state index contributed by atoms with van der Waals surface area (Å²) in [6, 6.07) is 1.89. The molecule has 0 radical (unpaired) electrons. The zero-order valence-electron chi connectivity index (χ0n) is 8.70. The van der Waals surface area contributed by atoms with E-state index in [9.17, 15) is 4.79 Å². The van der Waals surface area contributed by atoms with Crippen molar-refractivity contribution < 1.29 is 4.79 Å². The van der Waals surface area contributed by atoms with Crippen LogP contribution < -0.4 is 11.1 Å². The number of nitrogens with zero attached hydrogens (tertiary/aromatic N) is 1. The van der Waals surface area contributed by atoms with Crippen molar-refractivity contribution in [3.8, 4) is 0 Å². The number of fused-ring (bicyclic) bond motifs is 2.